The zero-order valence-electron chi connectivity index (χ0n) is 10.6. The quantitative estimate of drug-likeness (QED) is 0.798. The van der Waals surface area contributed by atoms with Crippen molar-refractivity contribution in [3.8, 4) is 5.69 Å². The van der Waals surface area contributed by atoms with E-state index in [1.807, 2.05) is 48.7 Å². The summed E-state index contributed by atoms with van der Waals surface area (Å²) in [6.45, 7) is 0. The van der Waals surface area contributed by atoms with Gasteiger partial charge in [-0.25, -0.2) is 4.68 Å². The molecule has 100 valence electrons. The Morgan fingerprint density at radius 3 is 2.55 bits per heavy atom. The molecule has 3 nitrogen and oxygen atoms in total. The molecule has 1 aromatic heterocycles. The maximum Gasteiger partial charge on any atom is 0.107 e. The van der Waals surface area contributed by atoms with Gasteiger partial charge >= 0.3 is 0 Å². The van der Waals surface area contributed by atoms with E-state index < -0.39 is 6.10 Å². The summed E-state index contributed by atoms with van der Waals surface area (Å²) in [5.74, 6) is 0. The van der Waals surface area contributed by atoms with Crippen LogP contribution in [0.5, 0.6) is 0 Å². The first-order valence-electron chi connectivity index (χ1n) is 6.27. The van der Waals surface area contributed by atoms with Gasteiger partial charge in [0.1, 0.15) is 6.10 Å². The lowest BCUT2D eigenvalue weighted by atomic mass is 10.1. The van der Waals surface area contributed by atoms with Crippen LogP contribution in [0.1, 0.15) is 17.2 Å². The van der Waals surface area contributed by atoms with Crippen molar-refractivity contribution in [2.75, 3.05) is 0 Å². The fourth-order valence-electron chi connectivity index (χ4n) is 2.07. The molecule has 20 heavy (non-hydrogen) atoms. The SMILES string of the molecule is OC(c1cccc(Cl)c1)c1cnn(-c2ccccc2)c1. The number of halogens is 1. The molecule has 3 aromatic rings. The van der Waals surface area contributed by atoms with Gasteiger partial charge in [-0.1, -0.05) is 41.9 Å². The third-order valence-electron chi connectivity index (χ3n) is 3.10. The Morgan fingerprint density at radius 1 is 1.00 bits per heavy atom. The van der Waals surface area contributed by atoms with Crippen molar-refractivity contribution in [3.05, 3.63) is 83.1 Å². The zero-order chi connectivity index (χ0) is 13.9. The van der Waals surface area contributed by atoms with Crippen molar-refractivity contribution in [2.45, 2.75) is 6.10 Å². The summed E-state index contributed by atoms with van der Waals surface area (Å²) < 4.78 is 1.74. The van der Waals surface area contributed by atoms with Gasteiger partial charge in [0.2, 0.25) is 0 Å². The molecule has 1 heterocycles. The van der Waals surface area contributed by atoms with Crippen molar-refractivity contribution in [1.29, 1.82) is 0 Å². The first-order valence-corrected chi connectivity index (χ1v) is 6.65. The molecule has 2 aromatic carbocycles. The van der Waals surface area contributed by atoms with Crippen LogP contribution in [0.15, 0.2) is 67.0 Å². The topological polar surface area (TPSA) is 38.1 Å². The molecule has 0 spiro atoms. The van der Waals surface area contributed by atoms with Crippen LogP contribution in [-0.2, 0) is 0 Å². The minimum absolute atomic E-state index is 0.608. The highest BCUT2D eigenvalue weighted by Crippen LogP contribution is 2.24. The van der Waals surface area contributed by atoms with E-state index in [2.05, 4.69) is 5.10 Å². The number of aliphatic hydroxyl groups excluding tert-OH is 1. The summed E-state index contributed by atoms with van der Waals surface area (Å²) in [5.41, 5.74) is 2.44. The molecule has 0 fully saturated rings. The summed E-state index contributed by atoms with van der Waals surface area (Å²) in [5, 5.41) is 15.3. The second-order valence-electron chi connectivity index (χ2n) is 4.51. The first-order chi connectivity index (χ1) is 9.74. The third-order valence-corrected chi connectivity index (χ3v) is 3.34. The number of hydrogen-bond donors (Lipinski definition) is 1. The molecule has 1 N–H and O–H groups in total. The number of rotatable bonds is 3. The molecule has 4 heteroatoms. The Kier molecular flexibility index (Phi) is 3.54. The van der Waals surface area contributed by atoms with E-state index in [1.54, 1.807) is 23.0 Å². The Balaban J connectivity index is 1.90. The molecular formula is C16H13ClN2O. The predicted molar refractivity (Wildman–Crippen MR) is 79.1 cm³/mol. The van der Waals surface area contributed by atoms with Crippen LogP contribution in [-0.4, -0.2) is 14.9 Å². The van der Waals surface area contributed by atoms with Gasteiger partial charge in [0.15, 0.2) is 0 Å². The van der Waals surface area contributed by atoms with Gasteiger partial charge in [-0.15, -0.1) is 0 Å². The van der Waals surface area contributed by atoms with Crippen LogP contribution in [0.25, 0.3) is 5.69 Å². The molecule has 0 saturated carbocycles. The van der Waals surface area contributed by atoms with Gasteiger partial charge in [0, 0.05) is 16.8 Å². The number of aliphatic hydroxyl groups is 1. The van der Waals surface area contributed by atoms with E-state index in [-0.39, 0.29) is 0 Å². The summed E-state index contributed by atoms with van der Waals surface area (Å²) in [4.78, 5) is 0. The maximum absolute atomic E-state index is 10.4. The molecule has 1 unspecified atom stereocenters. The summed E-state index contributed by atoms with van der Waals surface area (Å²) in [6, 6.07) is 17.0. The Labute approximate surface area is 122 Å². The van der Waals surface area contributed by atoms with Crippen molar-refractivity contribution >= 4 is 11.6 Å². The van der Waals surface area contributed by atoms with Gasteiger partial charge in [-0.05, 0) is 29.8 Å². The third kappa shape index (κ3) is 2.59. The average molecular weight is 285 g/mol. The molecule has 0 bridgehead atoms. The molecule has 0 radical (unpaired) electrons. The molecule has 0 aliphatic rings. The molecule has 0 saturated heterocycles. The molecule has 0 amide bonds. The number of aromatic nitrogens is 2. The predicted octanol–water partition coefficient (Wildman–Crippen LogP) is 3.61. The number of hydrogen-bond acceptors (Lipinski definition) is 2. The lowest BCUT2D eigenvalue weighted by Crippen LogP contribution is -1.98. The van der Waals surface area contributed by atoms with E-state index in [0.717, 1.165) is 16.8 Å². The monoisotopic (exact) mass is 284 g/mol. The van der Waals surface area contributed by atoms with Crippen LogP contribution in [0, 0.1) is 0 Å². The number of nitrogens with zero attached hydrogens (tertiary/aromatic N) is 2. The van der Waals surface area contributed by atoms with E-state index in [1.165, 1.54) is 0 Å². The van der Waals surface area contributed by atoms with E-state index in [0.29, 0.717) is 5.02 Å². The first kappa shape index (κ1) is 12.9. The Morgan fingerprint density at radius 2 is 1.80 bits per heavy atom. The highest BCUT2D eigenvalue weighted by molar-refractivity contribution is 6.30. The second-order valence-corrected chi connectivity index (χ2v) is 4.95. The normalized spacial score (nSPS) is 12.3. The highest BCUT2D eigenvalue weighted by atomic mass is 35.5. The van der Waals surface area contributed by atoms with Crippen molar-refractivity contribution in [2.24, 2.45) is 0 Å². The molecular weight excluding hydrogens is 272 g/mol. The van der Waals surface area contributed by atoms with E-state index in [9.17, 15) is 5.11 Å². The summed E-state index contributed by atoms with van der Waals surface area (Å²) in [7, 11) is 0. The number of benzene rings is 2. The second kappa shape index (κ2) is 5.49. The molecule has 0 aliphatic heterocycles. The Bertz CT molecular complexity index is 709. The maximum atomic E-state index is 10.4. The fourth-order valence-corrected chi connectivity index (χ4v) is 2.27. The van der Waals surface area contributed by atoms with Crippen LogP contribution in [0.2, 0.25) is 5.02 Å². The smallest absolute Gasteiger partial charge is 0.107 e. The number of para-hydroxylation sites is 1. The highest BCUT2D eigenvalue weighted by Gasteiger charge is 2.13. The van der Waals surface area contributed by atoms with Gasteiger partial charge in [-0.2, -0.15) is 5.10 Å². The van der Waals surface area contributed by atoms with Crippen LogP contribution >= 0.6 is 11.6 Å². The summed E-state index contributed by atoms with van der Waals surface area (Å²) in [6.07, 6.45) is 2.76. The minimum Gasteiger partial charge on any atom is -0.384 e. The largest absolute Gasteiger partial charge is 0.384 e. The van der Waals surface area contributed by atoms with Gasteiger partial charge in [-0.3, -0.25) is 0 Å². The lowest BCUT2D eigenvalue weighted by molar-refractivity contribution is 0.220. The fraction of sp³-hybridized carbons (Fsp3) is 0.0625. The Hall–Kier alpha value is -2.10. The van der Waals surface area contributed by atoms with Crippen molar-refractivity contribution in [3.63, 3.8) is 0 Å². The van der Waals surface area contributed by atoms with Crippen LogP contribution < -0.4 is 0 Å². The van der Waals surface area contributed by atoms with Gasteiger partial charge in [0.25, 0.3) is 0 Å². The molecule has 0 aliphatic carbocycles. The van der Waals surface area contributed by atoms with Crippen LogP contribution in [0.4, 0.5) is 0 Å². The van der Waals surface area contributed by atoms with Crippen molar-refractivity contribution < 1.29 is 5.11 Å². The van der Waals surface area contributed by atoms with Gasteiger partial charge < -0.3 is 5.11 Å². The molecule has 1 atom stereocenters. The summed E-state index contributed by atoms with van der Waals surface area (Å²) >= 11 is 5.95. The molecule has 3 rings (SSSR count). The van der Waals surface area contributed by atoms with Crippen LogP contribution in [0.3, 0.4) is 0 Å². The van der Waals surface area contributed by atoms with Gasteiger partial charge in [0.05, 0.1) is 11.9 Å². The average Bonchev–Trinajstić information content (AvgIpc) is 2.97. The standard InChI is InChI=1S/C16H13ClN2O/c17-14-6-4-5-12(9-14)16(20)13-10-18-19(11-13)15-7-2-1-3-8-15/h1-11,16,20H. The zero-order valence-corrected chi connectivity index (χ0v) is 11.4. The van der Waals surface area contributed by atoms with E-state index >= 15 is 0 Å². The minimum atomic E-state index is -0.730. The van der Waals surface area contributed by atoms with Crippen molar-refractivity contribution in [1.82, 2.24) is 9.78 Å². The van der Waals surface area contributed by atoms with E-state index in [4.69, 9.17) is 11.6 Å². The lowest BCUT2D eigenvalue weighted by Gasteiger charge is -2.08.